The first-order valence-electron chi connectivity index (χ1n) is 11.5. The molecular weight excluding hydrogens is 418 g/mol. The third-order valence-electron chi connectivity index (χ3n) is 6.61. The second-order valence-corrected chi connectivity index (χ2v) is 8.99. The topological polar surface area (TPSA) is 91.7 Å². The Labute approximate surface area is 191 Å². The van der Waals surface area contributed by atoms with Crippen LogP contribution in [-0.4, -0.2) is 24.4 Å². The first-order chi connectivity index (χ1) is 16.0. The number of hydrogen-bond donors (Lipinski definition) is 2. The zero-order valence-corrected chi connectivity index (χ0v) is 18.6. The average molecular weight is 446 g/mol. The number of fused-ring (bicyclic) bond motifs is 1. The Morgan fingerprint density at radius 1 is 1.00 bits per heavy atom. The van der Waals surface area contributed by atoms with Gasteiger partial charge in [-0.2, -0.15) is 0 Å². The van der Waals surface area contributed by atoms with Gasteiger partial charge in [-0.25, -0.2) is 4.79 Å². The minimum absolute atomic E-state index is 0.101. The smallest absolute Gasteiger partial charge is 0.362 e. The molecule has 2 amide bonds. The van der Waals surface area contributed by atoms with Crippen LogP contribution in [0.3, 0.4) is 0 Å². The maximum Gasteiger partial charge on any atom is 0.362 e. The van der Waals surface area contributed by atoms with Gasteiger partial charge in [0.2, 0.25) is 11.8 Å². The maximum absolute atomic E-state index is 13.2. The lowest BCUT2D eigenvalue weighted by Crippen LogP contribution is -2.30. The molecule has 1 aliphatic carbocycles. The highest BCUT2D eigenvalue weighted by atomic mass is 16.4. The van der Waals surface area contributed by atoms with Gasteiger partial charge in [0.1, 0.15) is 5.58 Å². The quantitative estimate of drug-likeness (QED) is 0.566. The molecule has 2 aromatic carbocycles. The van der Waals surface area contributed by atoms with E-state index in [1.807, 2.05) is 49.4 Å². The molecule has 170 valence electrons. The number of carbonyl (C=O) groups is 2. The second kappa shape index (κ2) is 8.73. The summed E-state index contributed by atoms with van der Waals surface area (Å²) in [7, 11) is 0. The number of carbonyl (C=O) groups excluding carboxylic acids is 2. The van der Waals surface area contributed by atoms with E-state index in [4.69, 9.17) is 4.42 Å². The fourth-order valence-electron chi connectivity index (χ4n) is 4.77. The van der Waals surface area contributed by atoms with E-state index in [9.17, 15) is 14.4 Å². The molecule has 1 aromatic heterocycles. The number of amides is 2. The molecule has 2 heterocycles. The highest BCUT2D eigenvalue weighted by Gasteiger charge is 2.36. The maximum atomic E-state index is 13.2. The molecule has 1 saturated heterocycles. The fraction of sp³-hybridized carbons (Fsp3) is 0.346. The third-order valence-corrected chi connectivity index (χ3v) is 6.61. The molecule has 0 unspecified atom stereocenters. The predicted octanol–water partition coefficient (Wildman–Crippen LogP) is 4.45. The summed E-state index contributed by atoms with van der Waals surface area (Å²) in [4.78, 5) is 40.3. The Bertz CT molecular complexity index is 1260. The Balaban J connectivity index is 1.42. The molecule has 1 aliphatic heterocycles. The van der Waals surface area contributed by atoms with Gasteiger partial charge in [-0.1, -0.05) is 42.7 Å². The Hall–Kier alpha value is -3.61. The Morgan fingerprint density at radius 3 is 2.48 bits per heavy atom. The lowest BCUT2D eigenvalue weighted by atomic mass is 10.1. The van der Waals surface area contributed by atoms with Crippen molar-refractivity contribution in [2.75, 3.05) is 22.1 Å². The molecule has 0 radical (unpaired) electrons. The summed E-state index contributed by atoms with van der Waals surface area (Å²) < 4.78 is 5.50. The van der Waals surface area contributed by atoms with Gasteiger partial charge in [0.15, 0.2) is 5.69 Å². The van der Waals surface area contributed by atoms with Gasteiger partial charge < -0.3 is 20.0 Å². The van der Waals surface area contributed by atoms with E-state index < -0.39 is 11.5 Å². The average Bonchev–Trinajstić information content (AvgIpc) is 3.46. The zero-order valence-electron chi connectivity index (χ0n) is 18.6. The van der Waals surface area contributed by atoms with Crippen molar-refractivity contribution in [2.45, 2.75) is 45.1 Å². The summed E-state index contributed by atoms with van der Waals surface area (Å²) in [6.07, 6.45) is 4.41. The van der Waals surface area contributed by atoms with Crippen LogP contribution in [0.5, 0.6) is 0 Å². The lowest BCUT2D eigenvalue weighted by Gasteiger charge is -2.20. The summed E-state index contributed by atoms with van der Waals surface area (Å²) in [5, 5.41) is 7.04. The largest absolute Gasteiger partial charge is 0.421 e. The SMILES string of the molecule is Cc1ccc(N2C[C@H](C(=O)Nc3c(NC4CCCC4)c4ccccc4oc3=O)CC2=O)cc1. The number of benzene rings is 2. The molecular formula is C26H27N3O4. The number of hydrogen-bond acceptors (Lipinski definition) is 5. The van der Waals surface area contributed by atoms with Crippen LogP contribution in [0.4, 0.5) is 17.1 Å². The molecule has 0 spiro atoms. The van der Waals surface area contributed by atoms with E-state index >= 15 is 0 Å². The first-order valence-corrected chi connectivity index (χ1v) is 11.5. The lowest BCUT2D eigenvalue weighted by molar-refractivity contribution is -0.122. The summed E-state index contributed by atoms with van der Waals surface area (Å²) >= 11 is 0. The number of anilines is 3. The molecule has 1 atom stereocenters. The summed E-state index contributed by atoms with van der Waals surface area (Å²) in [5.41, 5.74) is 2.47. The van der Waals surface area contributed by atoms with Crippen molar-refractivity contribution in [3.63, 3.8) is 0 Å². The Morgan fingerprint density at radius 2 is 1.73 bits per heavy atom. The van der Waals surface area contributed by atoms with Crippen LogP contribution < -0.4 is 21.2 Å². The molecule has 3 aromatic rings. The normalized spacial score (nSPS) is 18.8. The van der Waals surface area contributed by atoms with Gasteiger partial charge in [-0.05, 0) is 44.0 Å². The minimum atomic E-state index is -0.595. The number of rotatable bonds is 5. The Kier molecular flexibility index (Phi) is 5.62. The fourth-order valence-corrected chi connectivity index (χ4v) is 4.77. The van der Waals surface area contributed by atoms with E-state index in [1.54, 1.807) is 11.0 Å². The summed E-state index contributed by atoms with van der Waals surface area (Å²) in [6, 6.07) is 15.2. The number of para-hydroxylation sites is 1. The van der Waals surface area contributed by atoms with Crippen LogP contribution in [0.25, 0.3) is 11.0 Å². The van der Waals surface area contributed by atoms with E-state index in [0.29, 0.717) is 11.3 Å². The van der Waals surface area contributed by atoms with Gasteiger partial charge in [0.25, 0.3) is 0 Å². The highest BCUT2D eigenvalue weighted by molar-refractivity contribution is 6.06. The molecule has 1 saturated carbocycles. The second-order valence-electron chi connectivity index (χ2n) is 8.99. The number of nitrogens with one attached hydrogen (secondary N) is 2. The van der Waals surface area contributed by atoms with Crippen molar-refractivity contribution in [1.29, 1.82) is 0 Å². The van der Waals surface area contributed by atoms with Gasteiger partial charge >= 0.3 is 5.63 Å². The predicted molar refractivity (Wildman–Crippen MR) is 129 cm³/mol. The summed E-state index contributed by atoms with van der Waals surface area (Å²) in [6.45, 7) is 2.26. The monoisotopic (exact) mass is 445 g/mol. The van der Waals surface area contributed by atoms with Crippen LogP contribution in [0, 0.1) is 12.8 Å². The van der Waals surface area contributed by atoms with Crippen LogP contribution in [0.15, 0.2) is 57.7 Å². The van der Waals surface area contributed by atoms with E-state index in [-0.39, 0.29) is 36.5 Å². The van der Waals surface area contributed by atoms with Crippen LogP contribution in [0.1, 0.15) is 37.7 Å². The van der Waals surface area contributed by atoms with Crippen molar-refractivity contribution >= 4 is 39.8 Å². The van der Waals surface area contributed by atoms with Crippen molar-refractivity contribution in [2.24, 2.45) is 5.92 Å². The van der Waals surface area contributed by atoms with Crippen LogP contribution >= 0.6 is 0 Å². The molecule has 2 aliphatic rings. The molecule has 0 bridgehead atoms. The van der Waals surface area contributed by atoms with Crippen molar-refractivity contribution in [3.05, 3.63) is 64.5 Å². The van der Waals surface area contributed by atoms with E-state index in [1.165, 1.54) is 0 Å². The molecule has 7 nitrogen and oxygen atoms in total. The van der Waals surface area contributed by atoms with Crippen LogP contribution in [-0.2, 0) is 9.59 Å². The van der Waals surface area contributed by atoms with Crippen molar-refractivity contribution in [3.8, 4) is 0 Å². The minimum Gasteiger partial charge on any atom is -0.421 e. The molecule has 2 N–H and O–H groups in total. The zero-order chi connectivity index (χ0) is 22.9. The number of nitrogens with zero attached hydrogens (tertiary/aromatic N) is 1. The van der Waals surface area contributed by atoms with Gasteiger partial charge in [0, 0.05) is 30.1 Å². The molecule has 33 heavy (non-hydrogen) atoms. The van der Waals surface area contributed by atoms with Gasteiger partial charge in [-0.3, -0.25) is 9.59 Å². The van der Waals surface area contributed by atoms with Crippen molar-refractivity contribution in [1.82, 2.24) is 0 Å². The van der Waals surface area contributed by atoms with E-state index in [0.717, 1.165) is 42.3 Å². The van der Waals surface area contributed by atoms with E-state index in [2.05, 4.69) is 10.6 Å². The molecule has 5 rings (SSSR count). The number of aryl methyl sites for hydroxylation is 1. The molecule has 2 fully saturated rings. The van der Waals surface area contributed by atoms with Gasteiger partial charge in [0.05, 0.1) is 11.6 Å². The highest BCUT2D eigenvalue weighted by Crippen LogP contribution is 2.33. The standard InChI is InChI=1S/C26H27N3O4/c1-16-10-12-19(13-11-16)29-15-17(14-22(29)30)25(31)28-24-23(27-18-6-2-3-7-18)20-8-4-5-9-21(20)33-26(24)32/h4-5,8-13,17-18,27H,2-3,6-7,14-15H2,1H3,(H,28,31)/t17-/m1/s1. The molecule has 7 heteroatoms. The van der Waals surface area contributed by atoms with Crippen LogP contribution in [0.2, 0.25) is 0 Å². The van der Waals surface area contributed by atoms with Crippen molar-refractivity contribution < 1.29 is 14.0 Å². The van der Waals surface area contributed by atoms with Gasteiger partial charge in [-0.15, -0.1) is 0 Å². The third kappa shape index (κ3) is 4.23. The summed E-state index contributed by atoms with van der Waals surface area (Å²) in [5.74, 6) is -1.01. The first kappa shape index (κ1) is 21.2.